The number of aliphatic hydroxyl groups is 1. The Morgan fingerprint density at radius 3 is 2.14 bits per heavy atom. The fraction of sp³-hybridized carbons (Fsp3) is 0.571. The number of hydrogen-bond donors (Lipinski definition) is 3. The van der Waals surface area contributed by atoms with E-state index in [2.05, 4.69) is 10.6 Å². The fourth-order valence-electron chi connectivity index (χ4n) is 2.34. The quantitative estimate of drug-likeness (QED) is 0.597. The second kappa shape index (κ2) is 10.2. The maximum atomic E-state index is 12.5. The number of para-hydroxylation sites is 1. The molecule has 0 unspecified atom stereocenters. The van der Waals surface area contributed by atoms with Crippen LogP contribution in [0.3, 0.4) is 0 Å². The van der Waals surface area contributed by atoms with Crippen LogP contribution in [0.2, 0.25) is 0 Å². The summed E-state index contributed by atoms with van der Waals surface area (Å²) in [5.41, 5.74) is -0.397. The number of benzene rings is 1. The molecule has 0 aliphatic rings. The van der Waals surface area contributed by atoms with Gasteiger partial charge in [0.2, 0.25) is 5.91 Å². The number of carbonyl (C=O) groups excluding carboxylic acids is 3. The normalized spacial score (nSPS) is 12.7. The van der Waals surface area contributed by atoms with Crippen LogP contribution in [0.1, 0.15) is 59.9 Å². The third-order valence-corrected chi connectivity index (χ3v) is 3.50. The van der Waals surface area contributed by atoms with E-state index in [-0.39, 0.29) is 25.4 Å². The lowest BCUT2D eigenvalue weighted by molar-refractivity contribution is -0.157. The largest absolute Gasteiger partial charge is 0.458 e. The number of aliphatic hydroxyl groups excluding tert-OH is 1. The van der Waals surface area contributed by atoms with Crippen molar-refractivity contribution in [2.24, 2.45) is 0 Å². The van der Waals surface area contributed by atoms with Gasteiger partial charge >= 0.3 is 12.1 Å². The SMILES string of the molecule is CC(C)(C)OC(=O)N[C@@H](CCC(=O)Nc1ccccc1CO)C(=O)OC(C)(C)C. The molecule has 2 amide bonds. The first kappa shape index (κ1) is 24.4. The maximum absolute atomic E-state index is 12.5. The number of esters is 1. The standard InChI is InChI=1S/C21H32N2O6/c1-20(2,3)28-18(26)16(23-19(27)29-21(4,5)6)11-12-17(25)22-15-10-8-7-9-14(15)13-24/h7-10,16,24H,11-13H2,1-6H3,(H,22,25)(H,23,27)/t16-/m0/s1. The van der Waals surface area contributed by atoms with Crippen LogP contribution in [0.5, 0.6) is 0 Å². The van der Waals surface area contributed by atoms with E-state index in [1.54, 1.807) is 65.8 Å². The summed E-state index contributed by atoms with van der Waals surface area (Å²) in [6.45, 7) is 10.1. The lowest BCUT2D eigenvalue weighted by atomic mass is 10.1. The van der Waals surface area contributed by atoms with Crippen molar-refractivity contribution in [3.63, 3.8) is 0 Å². The highest BCUT2D eigenvalue weighted by molar-refractivity contribution is 5.92. The zero-order valence-electron chi connectivity index (χ0n) is 18.0. The Bertz CT molecular complexity index is 719. The minimum absolute atomic E-state index is 0.0290. The second-order valence-corrected chi connectivity index (χ2v) is 8.63. The van der Waals surface area contributed by atoms with Gasteiger partial charge in [0.15, 0.2) is 0 Å². The van der Waals surface area contributed by atoms with Crippen molar-refractivity contribution in [2.45, 2.75) is 78.2 Å². The van der Waals surface area contributed by atoms with Gasteiger partial charge < -0.3 is 25.2 Å². The molecule has 8 nitrogen and oxygen atoms in total. The number of alkyl carbamates (subject to hydrolysis) is 1. The van der Waals surface area contributed by atoms with Gasteiger partial charge in [-0.2, -0.15) is 0 Å². The molecule has 0 bridgehead atoms. The number of ether oxygens (including phenoxy) is 2. The van der Waals surface area contributed by atoms with E-state index < -0.39 is 29.3 Å². The second-order valence-electron chi connectivity index (χ2n) is 8.63. The molecule has 0 fully saturated rings. The van der Waals surface area contributed by atoms with Crippen molar-refractivity contribution in [1.82, 2.24) is 5.32 Å². The van der Waals surface area contributed by atoms with Crippen molar-refractivity contribution in [3.8, 4) is 0 Å². The molecular weight excluding hydrogens is 376 g/mol. The predicted molar refractivity (Wildman–Crippen MR) is 109 cm³/mol. The van der Waals surface area contributed by atoms with Gasteiger partial charge in [-0.15, -0.1) is 0 Å². The first-order valence-electron chi connectivity index (χ1n) is 9.52. The Balaban J connectivity index is 2.78. The van der Waals surface area contributed by atoms with Crippen LogP contribution in [0.15, 0.2) is 24.3 Å². The Morgan fingerprint density at radius 1 is 1.00 bits per heavy atom. The number of carbonyl (C=O) groups is 3. The number of hydrogen-bond acceptors (Lipinski definition) is 6. The molecule has 3 N–H and O–H groups in total. The summed E-state index contributed by atoms with van der Waals surface area (Å²) >= 11 is 0. The zero-order valence-corrected chi connectivity index (χ0v) is 18.0. The van der Waals surface area contributed by atoms with E-state index in [1.165, 1.54) is 0 Å². The molecule has 0 saturated carbocycles. The Kier molecular flexibility index (Phi) is 8.63. The van der Waals surface area contributed by atoms with E-state index in [1.807, 2.05) is 0 Å². The van der Waals surface area contributed by atoms with Crippen LogP contribution < -0.4 is 10.6 Å². The molecule has 0 aliphatic heterocycles. The van der Waals surface area contributed by atoms with Gasteiger partial charge in [0, 0.05) is 17.7 Å². The van der Waals surface area contributed by atoms with Crippen molar-refractivity contribution in [1.29, 1.82) is 0 Å². The molecular formula is C21H32N2O6. The van der Waals surface area contributed by atoms with E-state index in [9.17, 15) is 19.5 Å². The van der Waals surface area contributed by atoms with Crippen LogP contribution in [0.4, 0.5) is 10.5 Å². The molecule has 29 heavy (non-hydrogen) atoms. The fourth-order valence-corrected chi connectivity index (χ4v) is 2.34. The summed E-state index contributed by atoms with van der Waals surface area (Å²) in [5.74, 6) is -1.00. The van der Waals surface area contributed by atoms with Gasteiger partial charge in [-0.3, -0.25) is 4.79 Å². The first-order chi connectivity index (χ1) is 13.3. The minimum Gasteiger partial charge on any atom is -0.458 e. The average molecular weight is 408 g/mol. The summed E-state index contributed by atoms with van der Waals surface area (Å²) in [4.78, 5) is 36.9. The highest BCUT2D eigenvalue weighted by atomic mass is 16.6. The van der Waals surface area contributed by atoms with Gasteiger partial charge in [0.1, 0.15) is 17.2 Å². The van der Waals surface area contributed by atoms with Crippen LogP contribution >= 0.6 is 0 Å². The van der Waals surface area contributed by atoms with E-state index in [0.717, 1.165) is 0 Å². The van der Waals surface area contributed by atoms with E-state index in [0.29, 0.717) is 11.3 Å². The van der Waals surface area contributed by atoms with Crippen LogP contribution in [-0.4, -0.2) is 40.3 Å². The highest BCUT2D eigenvalue weighted by Gasteiger charge is 2.29. The monoisotopic (exact) mass is 408 g/mol. The average Bonchev–Trinajstić information content (AvgIpc) is 2.55. The van der Waals surface area contributed by atoms with Crippen LogP contribution in [-0.2, 0) is 25.7 Å². The molecule has 0 radical (unpaired) electrons. The molecule has 0 aromatic heterocycles. The first-order valence-corrected chi connectivity index (χ1v) is 9.52. The summed E-state index contributed by atoms with van der Waals surface area (Å²) in [5, 5.41) is 14.5. The third kappa shape index (κ3) is 9.94. The number of nitrogens with one attached hydrogen (secondary N) is 2. The van der Waals surface area contributed by atoms with Crippen molar-refractivity contribution in [2.75, 3.05) is 5.32 Å². The van der Waals surface area contributed by atoms with Crippen molar-refractivity contribution >= 4 is 23.7 Å². The zero-order chi connectivity index (χ0) is 22.2. The number of amides is 2. The minimum atomic E-state index is -1.04. The van der Waals surface area contributed by atoms with Gasteiger partial charge in [-0.25, -0.2) is 9.59 Å². The van der Waals surface area contributed by atoms with Gasteiger partial charge in [-0.05, 0) is 54.0 Å². The molecule has 0 heterocycles. The summed E-state index contributed by atoms with van der Waals surface area (Å²) in [6.07, 6.45) is -0.778. The van der Waals surface area contributed by atoms with Gasteiger partial charge in [0.25, 0.3) is 0 Å². The van der Waals surface area contributed by atoms with E-state index >= 15 is 0 Å². The molecule has 0 spiro atoms. The topological polar surface area (TPSA) is 114 Å². The molecule has 8 heteroatoms. The molecule has 0 aliphatic carbocycles. The van der Waals surface area contributed by atoms with Gasteiger partial charge in [-0.1, -0.05) is 18.2 Å². The molecule has 1 atom stereocenters. The van der Waals surface area contributed by atoms with Crippen LogP contribution in [0, 0.1) is 0 Å². The molecule has 1 rings (SSSR count). The number of rotatable bonds is 7. The Morgan fingerprint density at radius 2 is 1.59 bits per heavy atom. The van der Waals surface area contributed by atoms with Crippen molar-refractivity contribution in [3.05, 3.63) is 29.8 Å². The Labute approximate surface area is 172 Å². The highest BCUT2D eigenvalue weighted by Crippen LogP contribution is 2.16. The lowest BCUT2D eigenvalue weighted by Crippen LogP contribution is -2.46. The maximum Gasteiger partial charge on any atom is 0.408 e. The lowest BCUT2D eigenvalue weighted by Gasteiger charge is -2.26. The smallest absolute Gasteiger partial charge is 0.408 e. The number of anilines is 1. The van der Waals surface area contributed by atoms with E-state index in [4.69, 9.17) is 9.47 Å². The van der Waals surface area contributed by atoms with Crippen molar-refractivity contribution < 1.29 is 29.0 Å². The van der Waals surface area contributed by atoms with Crippen LogP contribution in [0.25, 0.3) is 0 Å². The predicted octanol–water partition coefficient (Wildman–Crippen LogP) is 3.13. The van der Waals surface area contributed by atoms with Gasteiger partial charge in [0.05, 0.1) is 6.61 Å². The summed E-state index contributed by atoms with van der Waals surface area (Å²) in [6, 6.07) is 5.83. The summed E-state index contributed by atoms with van der Waals surface area (Å²) in [7, 11) is 0. The molecule has 1 aromatic rings. The third-order valence-electron chi connectivity index (χ3n) is 3.50. The Hall–Kier alpha value is -2.61. The summed E-state index contributed by atoms with van der Waals surface area (Å²) < 4.78 is 10.5. The molecule has 162 valence electrons. The molecule has 0 saturated heterocycles. The molecule has 1 aromatic carbocycles.